The second kappa shape index (κ2) is 3.98. The van der Waals surface area contributed by atoms with E-state index in [9.17, 15) is 25.0 Å². The Hall–Kier alpha value is -2.03. The summed E-state index contributed by atoms with van der Waals surface area (Å²) in [5.41, 5.74) is 2.01. The lowest BCUT2D eigenvalue weighted by Crippen LogP contribution is -2.66. The lowest BCUT2D eigenvalue weighted by atomic mass is 9.69. The minimum absolute atomic E-state index is 0.0206. The number of amides is 1. The predicted molar refractivity (Wildman–Crippen MR) is 63.5 cm³/mol. The molecule has 0 aromatic heterocycles. The summed E-state index contributed by atoms with van der Waals surface area (Å²) in [5.74, 6) is -0.832. The normalized spacial score (nSPS) is 34.5. The predicted octanol–water partition coefficient (Wildman–Crippen LogP) is -0.832. The highest BCUT2D eigenvalue weighted by molar-refractivity contribution is 5.92. The molecule has 0 saturated carbocycles. The van der Waals surface area contributed by atoms with Crippen molar-refractivity contribution in [3.8, 4) is 0 Å². The Bertz CT molecular complexity index is 504. The third kappa shape index (κ3) is 1.95. The van der Waals surface area contributed by atoms with Crippen molar-refractivity contribution in [1.82, 2.24) is 4.90 Å². The number of primary amides is 1. The van der Waals surface area contributed by atoms with Gasteiger partial charge in [-0.15, -0.1) is 0 Å². The molecule has 2 atom stereocenters. The van der Waals surface area contributed by atoms with Crippen molar-refractivity contribution >= 4 is 5.91 Å². The second-order valence-corrected chi connectivity index (χ2v) is 5.40. The molecule has 1 fully saturated rings. The SMILES string of the molecule is CN1C[C@@]2([N+](=O)[O-])C=C(C(N)=O)C[C@]([N+](=O)[O-])(C1)C2. The van der Waals surface area contributed by atoms with E-state index in [-0.39, 0.29) is 31.5 Å². The van der Waals surface area contributed by atoms with Gasteiger partial charge in [-0.05, 0) is 7.05 Å². The number of rotatable bonds is 3. The Balaban J connectivity index is 2.58. The van der Waals surface area contributed by atoms with Gasteiger partial charge in [0, 0.05) is 21.5 Å². The monoisotopic (exact) mass is 270 g/mol. The molecule has 1 heterocycles. The maximum absolute atomic E-state index is 11.3. The molecule has 0 unspecified atom stereocenters. The van der Waals surface area contributed by atoms with Crippen LogP contribution in [0.15, 0.2) is 11.6 Å². The molecule has 2 N–H and O–H groups in total. The number of likely N-dealkylation sites (N-methyl/N-ethyl adjacent to an activating group) is 1. The van der Waals surface area contributed by atoms with E-state index in [2.05, 4.69) is 0 Å². The van der Waals surface area contributed by atoms with Crippen LogP contribution in [0.1, 0.15) is 12.8 Å². The molecule has 9 nitrogen and oxygen atoms in total. The molecule has 0 spiro atoms. The summed E-state index contributed by atoms with van der Waals surface area (Å²) in [5, 5.41) is 22.7. The molecular formula is C10H14N4O5. The fourth-order valence-electron chi connectivity index (χ4n) is 3.17. The van der Waals surface area contributed by atoms with Gasteiger partial charge >= 0.3 is 0 Å². The molecule has 104 valence electrons. The molecule has 1 amide bonds. The van der Waals surface area contributed by atoms with Gasteiger partial charge in [0.05, 0.1) is 25.9 Å². The van der Waals surface area contributed by atoms with E-state index in [1.807, 2.05) is 0 Å². The van der Waals surface area contributed by atoms with Crippen LogP contribution in [0.3, 0.4) is 0 Å². The minimum atomic E-state index is -1.61. The molecule has 1 aliphatic heterocycles. The number of nitrogens with two attached hydrogens (primary N) is 1. The van der Waals surface area contributed by atoms with Crippen LogP contribution >= 0.6 is 0 Å². The molecule has 0 aromatic rings. The van der Waals surface area contributed by atoms with Crippen LogP contribution in [-0.4, -0.2) is 51.9 Å². The van der Waals surface area contributed by atoms with E-state index in [1.54, 1.807) is 11.9 Å². The fraction of sp³-hybridized carbons (Fsp3) is 0.700. The first-order chi connectivity index (χ1) is 8.71. The van der Waals surface area contributed by atoms with Crippen molar-refractivity contribution < 1.29 is 14.6 Å². The fourth-order valence-corrected chi connectivity index (χ4v) is 3.17. The van der Waals surface area contributed by atoms with Crippen molar-refractivity contribution in [3.63, 3.8) is 0 Å². The second-order valence-electron chi connectivity index (χ2n) is 5.40. The zero-order valence-corrected chi connectivity index (χ0v) is 10.4. The van der Waals surface area contributed by atoms with Crippen molar-refractivity contribution in [3.05, 3.63) is 31.9 Å². The van der Waals surface area contributed by atoms with Gasteiger partial charge in [0.2, 0.25) is 11.4 Å². The van der Waals surface area contributed by atoms with Crippen LogP contribution in [-0.2, 0) is 4.79 Å². The number of hydrogen-bond donors (Lipinski definition) is 1. The molecule has 2 bridgehead atoms. The van der Waals surface area contributed by atoms with Gasteiger partial charge in [-0.1, -0.05) is 0 Å². The largest absolute Gasteiger partial charge is 0.366 e. The number of fused-ring (bicyclic) bond motifs is 2. The van der Waals surface area contributed by atoms with E-state index >= 15 is 0 Å². The Labute approximate surface area is 108 Å². The number of nitrogens with zero attached hydrogens (tertiary/aromatic N) is 3. The quantitative estimate of drug-likeness (QED) is 0.525. The first-order valence-electron chi connectivity index (χ1n) is 5.70. The van der Waals surface area contributed by atoms with E-state index in [1.165, 1.54) is 6.08 Å². The molecule has 2 rings (SSSR count). The Morgan fingerprint density at radius 1 is 1.37 bits per heavy atom. The van der Waals surface area contributed by atoms with Gasteiger partial charge in [0.15, 0.2) is 0 Å². The zero-order chi connectivity index (χ0) is 14.4. The first-order valence-corrected chi connectivity index (χ1v) is 5.70. The van der Waals surface area contributed by atoms with E-state index in [0.29, 0.717) is 0 Å². The van der Waals surface area contributed by atoms with Crippen LogP contribution in [0.5, 0.6) is 0 Å². The van der Waals surface area contributed by atoms with Gasteiger partial charge in [0.25, 0.3) is 5.54 Å². The molecule has 1 saturated heterocycles. The molecule has 1 aliphatic carbocycles. The molecular weight excluding hydrogens is 256 g/mol. The molecule has 9 heteroatoms. The number of carbonyl (C=O) groups excluding carboxylic acids is 1. The summed E-state index contributed by atoms with van der Waals surface area (Å²) in [6.07, 6.45) is 0.836. The summed E-state index contributed by atoms with van der Waals surface area (Å²) in [4.78, 5) is 34.4. The lowest BCUT2D eigenvalue weighted by molar-refractivity contribution is -0.619. The highest BCUT2D eigenvalue weighted by Gasteiger charge is 2.63. The van der Waals surface area contributed by atoms with Gasteiger partial charge in [-0.2, -0.15) is 0 Å². The van der Waals surface area contributed by atoms with Gasteiger partial charge in [-0.25, -0.2) is 0 Å². The highest BCUT2D eigenvalue weighted by atomic mass is 16.6. The average molecular weight is 270 g/mol. The third-order valence-corrected chi connectivity index (χ3v) is 3.77. The maximum Gasteiger partial charge on any atom is 0.260 e. The maximum atomic E-state index is 11.3. The molecule has 19 heavy (non-hydrogen) atoms. The smallest absolute Gasteiger partial charge is 0.260 e. The summed E-state index contributed by atoms with van der Waals surface area (Å²) >= 11 is 0. The average Bonchev–Trinajstić information content (AvgIpc) is 2.26. The van der Waals surface area contributed by atoms with Gasteiger partial charge in [-0.3, -0.25) is 29.9 Å². The topological polar surface area (TPSA) is 133 Å². The number of likely N-dealkylation sites (tertiary alicyclic amines) is 1. The summed E-state index contributed by atoms with van der Waals surface area (Å²) < 4.78 is 0. The Kier molecular flexibility index (Phi) is 2.81. The van der Waals surface area contributed by atoms with Gasteiger partial charge in [0.1, 0.15) is 0 Å². The van der Waals surface area contributed by atoms with E-state index in [0.717, 1.165) is 0 Å². The van der Waals surface area contributed by atoms with Crippen molar-refractivity contribution in [2.24, 2.45) is 5.73 Å². The summed E-state index contributed by atoms with van der Waals surface area (Å²) in [6.45, 7) is 0.104. The molecule has 0 aromatic carbocycles. The summed E-state index contributed by atoms with van der Waals surface area (Å²) in [7, 11) is 1.60. The number of piperidine rings is 1. The number of hydrogen-bond acceptors (Lipinski definition) is 6. The standard InChI is InChI=1S/C10H14N4O5/c1-12-5-9(13(16)17)2-7(8(11)15)3-10(4-9,6-12)14(18)19/h2H,3-6H2,1H3,(H2,11,15)/t9-,10-/m1/s1. The zero-order valence-electron chi connectivity index (χ0n) is 10.4. The Morgan fingerprint density at radius 2 is 2.00 bits per heavy atom. The lowest BCUT2D eigenvalue weighted by Gasteiger charge is -2.43. The highest BCUT2D eigenvalue weighted by Crippen LogP contribution is 2.42. The van der Waals surface area contributed by atoms with Crippen LogP contribution in [0, 0.1) is 20.2 Å². The van der Waals surface area contributed by atoms with E-state index in [4.69, 9.17) is 5.73 Å². The number of nitro groups is 2. The Morgan fingerprint density at radius 3 is 2.47 bits per heavy atom. The third-order valence-electron chi connectivity index (χ3n) is 3.77. The van der Waals surface area contributed by atoms with Crippen molar-refractivity contribution in [2.45, 2.75) is 23.9 Å². The van der Waals surface area contributed by atoms with Crippen molar-refractivity contribution in [2.75, 3.05) is 20.1 Å². The first kappa shape index (κ1) is 13.4. The van der Waals surface area contributed by atoms with Gasteiger partial charge < -0.3 is 5.73 Å². The van der Waals surface area contributed by atoms with Crippen molar-refractivity contribution in [1.29, 1.82) is 0 Å². The van der Waals surface area contributed by atoms with Crippen LogP contribution < -0.4 is 5.73 Å². The van der Waals surface area contributed by atoms with Crippen LogP contribution in [0.4, 0.5) is 0 Å². The summed E-state index contributed by atoms with van der Waals surface area (Å²) in [6, 6.07) is 0. The molecule has 2 aliphatic rings. The number of carbonyl (C=O) groups is 1. The van der Waals surface area contributed by atoms with Crippen LogP contribution in [0.2, 0.25) is 0 Å². The minimum Gasteiger partial charge on any atom is -0.366 e. The molecule has 0 radical (unpaired) electrons. The van der Waals surface area contributed by atoms with E-state index < -0.39 is 26.8 Å². The van der Waals surface area contributed by atoms with Crippen LogP contribution in [0.25, 0.3) is 0 Å².